The molecule has 0 fully saturated rings. The van der Waals surface area contributed by atoms with Gasteiger partial charge in [-0.15, -0.1) is 0 Å². The van der Waals surface area contributed by atoms with Crippen LogP contribution in [-0.2, 0) is 6.42 Å². The third-order valence-electron chi connectivity index (χ3n) is 6.19. The SMILES string of the molecule is CCCCCCCCOc1ccc(-c2ccc(C(C)c3ccc(CCC)cn3)cc2)cc1. The van der Waals surface area contributed by atoms with Crippen molar-refractivity contribution in [3.05, 3.63) is 83.7 Å². The maximum atomic E-state index is 5.92. The number of rotatable bonds is 13. The van der Waals surface area contributed by atoms with Crippen molar-refractivity contribution in [2.45, 2.75) is 78.1 Å². The third kappa shape index (κ3) is 7.22. The lowest BCUT2D eigenvalue weighted by molar-refractivity contribution is 0.304. The van der Waals surface area contributed by atoms with E-state index in [-0.39, 0.29) is 5.92 Å². The standard InChI is InChI=1S/C30H39NO/c1-4-6-7-8-9-10-22-32-29-19-17-28(18-20-29)27-15-13-26(14-16-27)24(3)30-21-12-25(11-5-2)23-31-30/h12-21,23-24H,4-11,22H2,1-3H3. The highest BCUT2D eigenvalue weighted by Crippen LogP contribution is 2.27. The molecular formula is C30H39NO. The Bertz CT molecular complexity index is 897. The minimum atomic E-state index is 0.289. The fourth-order valence-corrected chi connectivity index (χ4v) is 4.08. The van der Waals surface area contributed by atoms with Crippen LogP contribution in [0.3, 0.4) is 0 Å². The van der Waals surface area contributed by atoms with Crippen LogP contribution in [0, 0.1) is 0 Å². The fourth-order valence-electron chi connectivity index (χ4n) is 4.08. The Hall–Kier alpha value is -2.61. The average molecular weight is 430 g/mol. The van der Waals surface area contributed by atoms with Crippen LogP contribution >= 0.6 is 0 Å². The predicted molar refractivity (Wildman–Crippen MR) is 136 cm³/mol. The first-order chi connectivity index (χ1) is 15.7. The molecule has 0 bridgehead atoms. The number of aromatic nitrogens is 1. The summed E-state index contributed by atoms with van der Waals surface area (Å²) in [5.74, 6) is 1.25. The van der Waals surface area contributed by atoms with Gasteiger partial charge in [0.05, 0.1) is 6.61 Å². The zero-order valence-corrected chi connectivity index (χ0v) is 20.1. The molecule has 0 saturated carbocycles. The largest absolute Gasteiger partial charge is 0.494 e. The molecule has 3 aromatic rings. The number of hydrogen-bond acceptors (Lipinski definition) is 2. The van der Waals surface area contributed by atoms with Crippen LogP contribution < -0.4 is 4.74 Å². The van der Waals surface area contributed by atoms with E-state index in [1.807, 2.05) is 6.20 Å². The minimum absolute atomic E-state index is 0.289. The summed E-state index contributed by atoms with van der Waals surface area (Å²) in [5, 5.41) is 0. The van der Waals surface area contributed by atoms with Crippen molar-refractivity contribution in [1.29, 1.82) is 0 Å². The van der Waals surface area contributed by atoms with E-state index in [4.69, 9.17) is 9.72 Å². The summed E-state index contributed by atoms with van der Waals surface area (Å²) >= 11 is 0. The first-order valence-corrected chi connectivity index (χ1v) is 12.5. The lowest BCUT2D eigenvalue weighted by Gasteiger charge is -2.13. The predicted octanol–water partition coefficient (Wildman–Crippen LogP) is 8.59. The number of nitrogens with zero attached hydrogens (tertiary/aromatic N) is 1. The smallest absolute Gasteiger partial charge is 0.119 e. The number of aryl methyl sites for hydroxylation is 1. The summed E-state index contributed by atoms with van der Waals surface area (Å²) in [6.07, 6.45) is 12.0. The van der Waals surface area contributed by atoms with Crippen LogP contribution in [0.1, 0.15) is 88.5 Å². The summed E-state index contributed by atoms with van der Waals surface area (Å²) in [5.41, 5.74) is 6.19. The molecule has 1 aromatic heterocycles. The number of hydrogen-bond donors (Lipinski definition) is 0. The Balaban J connectivity index is 1.51. The van der Waals surface area contributed by atoms with Crippen molar-refractivity contribution in [3.63, 3.8) is 0 Å². The van der Waals surface area contributed by atoms with Gasteiger partial charge in [0.2, 0.25) is 0 Å². The van der Waals surface area contributed by atoms with E-state index in [2.05, 4.69) is 81.4 Å². The highest BCUT2D eigenvalue weighted by atomic mass is 16.5. The normalized spacial score (nSPS) is 12.0. The van der Waals surface area contributed by atoms with Crippen molar-refractivity contribution < 1.29 is 4.74 Å². The Kier molecular flexibility index (Phi) is 9.81. The van der Waals surface area contributed by atoms with E-state index >= 15 is 0 Å². The summed E-state index contributed by atoms with van der Waals surface area (Å²) in [6.45, 7) is 7.50. The van der Waals surface area contributed by atoms with Crippen LogP contribution in [0.25, 0.3) is 11.1 Å². The topological polar surface area (TPSA) is 22.1 Å². The van der Waals surface area contributed by atoms with Gasteiger partial charge in [-0.3, -0.25) is 4.98 Å². The molecule has 1 heterocycles. The number of benzene rings is 2. The quantitative estimate of drug-likeness (QED) is 0.254. The van der Waals surface area contributed by atoms with Crippen LogP contribution in [0.4, 0.5) is 0 Å². The Labute approximate surface area is 195 Å². The Morgan fingerprint density at radius 3 is 2.00 bits per heavy atom. The van der Waals surface area contributed by atoms with Gasteiger partial charge in [0, 0.05) is 17.8 Å². The van der Waals surface area contributed by atoms with Gasteiger partial charge in [-0.25, -0.2) is 0 Å². The van der Waals surface area contributed by atoms with Crippen LogP contribution in [-0.4, -0.2) is 11.6 Å². The first kappa shape index (κ1) is 24.0. The highest BCUT2D eigenvalue weighted by Gasteiger charge is 2.10. The summed E-state index contributed by atoms with van der Waals surface area (Å²) in [6, 6.07) is 21.8. The van der Waals surface area contributed by atoms with Gasteiger partial charge in [0.1, 0.15) is 5.75 Å². The molecule has 2 nitrogen and oxygen atoms in total. The molecule has 1 atom stereocenters. The van der Waals surface area contributed by atoms with Gasteiger partial charge in [-0.05, 0) is 53.3 Å². The van der Waals surface area contributed by atoms with Gasteiger partial charge in [-0.1, -0.05) is 102 Å². The summed E-state index contributed by atoms with van der Waals surface area (Å²) in [4.78, 5) is 4.70. The molecule has 0 spiro atoms. The molecular weight excluding hydrogens is 390 g/mol. The number of ether oxygens (including phenoxy) is 1. The van der Waals surface area contributed by atoms with E-state index < -0.39 is 0 Å². The maximum absolute atomic E-state index is 5.92. The molecule has 0 aliphatic heterocycles. The molecule has 0 N–H and O–H groups in total. The molecule has 1 unspecified atom stereocenters. The second-order valence-corrected chi connectivity index (χ2v) is 8.83. The van der Waals surface area contributed by atoms with E-state index in [0.29, 0.717) is 0 Å². The van der Waals surface area contributed by atoms with Gasteiger partial charge in [0.25, 0.3) is 0 Å². The average Bonchev–Trinajstić information content (AvgIpc) is 2.84. The maximum Gasteiger partial charge on any atom is 0.119 e. The first-order valence-electron chi connectivity index (χ1n) is 12.5. The monoisotopic (exact) mass is 429 g/mol. The second-order valence-electron chi connectivity index (χ2n) is 8.83. The minimum Gasteiger partial charge on any atom is -0.494 e. The van der Waals surface area contributed by atoms with E-state index in [0.717, 1.165) is 37.3 Å². The molecule has 32 heavy (non-hydrogen) atoms. The van der Waals surface area contributed by atoms with Crippen molar-refractivity contribution in [2.75, 3.05) is 6.61 Å². The van der Waals surface area contributed by atoms with E-state index in [1.54, 1.807) is 0 Å². The highest BCUT2D eigenvalue weighted by molar-refractivity contribution is 5.64. The number of unbranched alkanes of at least 4 members (excludes halogenated alkanes) is 5. The van der Waals surface area contributed by atoms with Gasteiger partial charge >= 0.3 is 0 Å². The molecule has 3 rings (SSSR count). The zero-order chi connectivity index (χ0) is 22.6. The Morgan fingerprint density at radius 1 is 0.719 bits per heavy atom. The van der Waals surface area contributed by atoms with Gasteiger partial charge in [0.15, 0.2) is 0 Å². The summed E-state index contributed by atoms with van der Waals surface area (Å²) < 4.78 is 5.92. The molecule has 0 radical (unpaired) electrons. The molecule has 170 valence electrons. The lowest BCUT2D eigenvalue weighted by atomic mass is 9.94. The van der Waals surface area contributed by atoms with Crippen molar-refractivity contribution >= 4 is 0 Å². The van der Waals surface area contributed by atoms with Crippen molar-refractivity contribution in [1.82, 2.24) is 4.98 Å². The molecule has 2 aromatic carbocycles. The van der Waals surface area contributed by atoms with Crippen LogP contribution in [0.2, 0.25) is 0 Å². The second kappa shape index (κ2) is 13.1. The number of pyridine rings is 1. The fraction of sp³-hybridized carbons (Fsp3) is 0.433. The molecule has 0 aliphatic rings. The molecule has 0 saturated heterocycles. The molecule has 2 heteroatoms. The lowest BCUT2D eigenvalue weighted by Crippen LogP contribution is -2.00. The van der Waals surface area contributed by atoms with Crippen LogP contribution in [0.15, 0.2) is 66.9 Å². The summed E-state index contributed by atoms with van der Waals surface area (Å²) in [7, 11) is 0. The Morgan fingerprint density at radius 2 is 1.38 bits per heavy atom. The van der Waals surface area contributed by atoms with E-state index in [9.17, 15) is 0 Å². The van der Waals surface area contributed by atoms with Crippen molar-refractivity contribution in [3.8, 4) is 16.9 Å². The molecule has 0 amide bonds. The molecule has 0 aliphatic carbocycles. The van der Waals surface area contributed by atoms with Crippen molar-refractivity contribution in [2.24, 2.45) is 0 Å². The zero-order valence-electron chi connectivity index (χ0n) is 20.1. The third-order valence-corrected chi connectivity index (χ3v) is 6.19. The van der Waals surface area contributed by atoms with Gasteiger partial charge in [-0.2, -0.15) is 0 Å². The van der Waals surface area contributed by atoms with E-state index in [1.165, 1.54) is 54.4 Å². The van der Waals surface area contributed by atoms with Gasteiger partial charge < -0.3 is 4.74 Å². The van der Waals surface area contributed by atoms with Crippen LogP contribution in [0.5, 0.6) is 5.75 Å².